The van der Waals surface area contributed by atoms with Crippen LogP contribution in [0.4, 0.5) is 0 Å². The molecule has 2 aromatic heterocycles. The molecule has 0 saturated heterocycles. The number of nitrogens with zero attached hydrogens (tertiary/aromatic N) is 4. The maximum absolute atomic E-state index is 5.36. The zero-order valence-electron chi connectivity index (χ0n) is 8.25. The van der Waals surface area contributed by atoms with Crippen molar-refractivity contribution >= 4 is 11.8 Å². The summed E-state index contributed by atoms with van der Waals surface area (Å²) >= 11 is 1.47. The lowest BCUT2D eigenvalue weighted by molar-refractivity contribution is 0.414. The Hall–Kier alpha value is -1.34. The van der Waals surface area contributed by atoms with E-state index in [9.17, 15) is 0 Å². The van der Waals surface area contributed by atoms with Crippen LogP contribution in [0.15, 0.2) is 22.2 Å². The van der Waals surface area contributed by atoms with Crippen LogP contribution in [0.5, 0.6) is 0 Å². The Morgan fingerprint density at radius 1 is 1.53 bits per heavy atom. The van der Waals surface area contributed by atoms with E-state index < -0.39 is 0 Å². The van der Waals surface area contributed by atoms with Gasteiger partial charge in [0.1, 0.15) is 0 Å². The molecular weight excluding hydrogens is 214 g/mol. The van der Waals surface area contributed by atoms with Crippen molar-refractivity contribution in [3.63, 3.8) is 0 Å². The van der Waals surface area contributed by atoms with Gasteiger partial charge in [0.05, 0.1) is 12.9 Å². The predicted molar refractivity (Wildman–Crippen MR) is 55.0 cm³/mol. The predicted octanol–water partition coefficient (Wildman–Crippen LogP) is 0.554. The summed E-state index contributed by atoms with van der Waals surface area (Å²) in [6.45, 7) is 0.277. The Kier molecular flexibility index (Phi) is 3.02. The molecule has 7 heteroatoms. The lowest BCUT2D eigenvalue weighted by Crippen LogP contribution is -1.95. The first-order chi connectivity index (χ1) is 7.29. The molecule has 2 heterocycles. The fourth-order valence-corrected chi connectivity index (χ4v) is 1.84. The van der Waals surface area contributed by atoms with Gasteiger partial charge in [-0.3, -0.25) is 0 Å². The van der Waals surface area contributed by atoms with Crippen LogP contribution in [0.1, 0.15) is 11.6 Å². The Morgan fingerprint density at radius 2 is 2.40 bits per heavy atom. The second kappa shape index (κ2) is 4.45. The van der Waals surface area contributed by atoms with Crippen LogP contribution >= 0.6 is 11.8 Å². The van der Waals surface area contributed by atoms with E-state index in [0.29, 0.717) is 11.1 Å². The van der Waals surface area contributed by atoms with Crippen LogP contribution in [0.25, 0.3) is 0 Å². The fourth-order valence-electron chi connectivity index (χ4n) is 1.04. The molecule has 2 N–H and O–H groups in total. The van der Waals surface area contributed by atoms with Crippen LogP contribution in [0.3, 0.4) is 0 Å². The number of rotatable bonds is 4. The number of nitrogens with two attached hydrogens (primary N) is 1. The second-order valence-electron chi connectivity index (χ2n) is 2.95. The molecule has 0 saturated carbocycles. The smallest absolute Gasteiger partial charge is 0.277 e. The summed E-state index contributed by atoms with van der Waals surface area (Å²) in [7, 11) is 1.95. The summed E-state index contributed by atoms with van der Waals surface area (Å²) in [4.78, 5) is 4.02. The van der Waals surface area contributed by atoms with Crippen molar-refractivity contribution in [1.82, 2.24) is 19.7 Å². The average Bonchev–Trinajstić information content (AvgIpc) is 2.84. The molecule has 0 aliphatic rings. The van der Waals surface area contributed by atoms with Crippen LogP contribution in [-0.2, 0) is 19.3 Å². The van der Waals surface area contributed by atoms with Gasteiger partial charge in [0, 0.05) is 24.7 Å². The lowest BCUT2D eigenvalue weighted by atomic mass is 10.5. The van der Waals surface area contributed by atoms with Gasteiger partial charge in [-0.1, -0.05) is 11.8 Å². The minimum Gasteiger partial charge on any atom is -0.415 e. The van der Waals surface area contributed by atoms with E-state index >= 15 is 0 Å². The van der Waals surface area contributed by atoms with Gasteiger partial charge in [-0.15, -0.1) is 10.2 Å². The maximum Gasteiger partial charge on any atom is 0.277 e. The largest absolute Gasteiger partial charge is 0.415 e. The van der Waals surface area contributed by atoms with Crippen molar-refractivity contribution in [2.45, 2.75) is 17.5 Å². The molecule has 15 heavy (non-hydrogen) atoms. The molecule has 80 valence electrons. The normalized spacial score (nSPS) is 10.8. The van der Waals surface area contributed by atoms with Gasteiger partial charge in [0.15, 0.2) is 0 Å². The van der Waals surface area contributed by atoms with Gasteiger partial charge in [-0.25, -0.2) is 4.98 Å². The van der Waals surface area contributed by atoms with E-state index in [1.54, 1.807) is 6.33 Å². The molecule has 6 nitrogen and oxygen atoms in total. The van der Waals surface area contributed by atoms with E-state index in [4.69, 9.17) is 10.2 Å². The van der Waals surface area contributed by atoms with Crippen molar-refractivity contribution < 1.29 is 4.42 Å². The number of aryl methyl sites for hydroxylation is 1. The number of hydrogen-bond acceptors (Lipinski definition) is 6. The van der Waals surface area contributed by atoms with Crippen molar-refractivity contribution in [1.29, 1.82) is 0 Å². The van der Waals surface area contributed by atoms with E-state index in [1.807, 2.05) is 17.8 Å². The average molecular weight is 225 g/mol. The summed E-state index contributed by atoms with van der Waals surface area (Å²) in [5.41, 5.74) is 6.46. The van der Waals surface area contributed by atoms with Crippen LogP contribution < -0.4 is 5.73 Å². The molecular formula is C8H11N5OS. The summed E-state index contributed by atoms with van der Waals surface area (Å²) < 4.78 is 7.21. The van der Waals surface area contributed by atoms with Gasteiger partial charge in [0.2, 0.25) is 5.89 Å². The summed E-state index contributed by atoms with van der Waals surface area (Å²) in [5, 5.41) is 8.16. The number of hydrogen-bond donors (Lipinski definition) is 1. The number of aromatic nitrogens is 4. The molecule has 0 fully saturated rings. The maximum atomic E-state index is 5.36. The van der Waals surface area contributed by atoms with Crippen molar-refractivity contribution in [2.24, 2.45) is 12.8 Å². The van der Waals surface area contributed by atoms with Crippen LogP contribution in [0.2, 0.25) is 0 Å². The third-order valence-electron chi connectivity index (χ3n) is 1.88. The highest BCUT2D eigenvalue weighted by atomic mass is 32.2. The van der Waals surface area contributed by atoms with Gasteiger partial charge in [-0.2, -0.15) is 0 Å². The van der Waals surface area contributed by atoms with Gasteiger partial charge in [0.25, 0.3) is 5.22 Å². The van der Waals surface area contributed by atoms with E-state index in [1.165, 1.54) is 11.8 Å². The third-order valence-corrected chi connectivity index (χ3v) is 2.73. The molecule has 0 aliphatic heterocycles. The van der Waals surface area contributed by atoms with E-state index in [2.05, 4.69) is 15.2 Å². The SMILES string of the molecule is Cn1cncc1CSc1nnc(CN)o1. The molecule has 0 aliphatic carbocycles. The Balaban J connectivity index is 1.96. The first-order valence-corrected chi connectivity index (χ1v) is 5.38. The number of imidazole rings is 1. The monoisotopic (exact) mass is 225 g/mol. The first-order valence-electron chi connectivity index (χ1n) is 4.40. The highest BCUT2D eigenvalue weighted by molar-refractivity contribution is 7.98. The van der Waals surface area contributed by atoms with E-state index in [0.717, 1.165) is 11.4 Å². The van der Waals surface area contributed by atoms with Crippen molar-refractivity contribution in [3.8, 4) is 0 Å². The lowest BCUT2D eigenvalue weighted by Gasteiger charge is -1.97. The topological polar surface area (TPSA) is 82.8 Å². The fraction of sp³-hybridized carbons (Fsp3) is 0.375. The minimum absolute atomic E-state index is 0.277. The Labute approximate surface area is 90.9 Å². The summed E-state index contributed by atoms with van der Waals surface area (Å²) in [6, 6.07) is 0. The highest BCUT2D eigenvalue weighted by Gasteiger charge is 2.06. The quantitative estimate of drug-likeness (QED) is 0.765. The van der Waals surface area contributed by atoms with Crippen molar-refractivity contribution in [2.75, 3.05) is 0 Å². The standard InChI is InChI=1S/C8H11N5OS/c1-13-5-10-3-6(13)4-15-8-12-11-7(2-9)14-8/h3,5H,2,4,9H2,1H3. The third kappa shape index (κ3) is 2.37. The molecule has 0 spiro atoms. The molecule has 0 bridgehead atoms. The molecule has 0 amide bonds. The first kappa shape index (κ1) is 10.2. The zero-order valence-corrected chi connectivity index (χ0v) is 9.07. The molecule has 2 aromatic rings. The molecule has 2 rings (SSSR count). The van der Waals surface area contributed by atoms with Gasteiger partial charge in [-0.05, 0) is 0 Å². The second-order valence-corrected chi connectivity index (χ2v) is 3.88. The number of thioether (sulfide) groups is 1. The van der Waals surface area contributed by atoms with Gasteiger partial charge >= 0.3 is 0 Å². The van der Waals surface area contributed by atoms with Gasteiger partial charge < -0.3 is 14.7 Å². The van der Waals surface area contributed by atoms with Crippen LogP contribution in [-0.4, -0.2) is 19.7 Å². The molecule has 0 radical (unpaired) electrons. The minimum atomic E-state index is 0.277. The highest BCUT2D eigenvalue weighted by Crippen LogP contribution is 2.20. The zero-order chi connectivity index (χ0) is 10.7. The Morgan fingerprint density at radius 3 is 3.00 bits per heavy atom. The van der Waals surface area contributed by atoms with E-state index in [-0.39, 0.29) is 6.54 Å². The van der Waals surface area contributed by atoms with Crippen LogP contribution in [0, 0.1) is 0 Å². The Bertz CT molecular complexity index is 438. The molecule has 0 aromatic carbocycles. The summed E-state index contributed by atoms with van der Waals surface area (Å²) in [6.07, 6.45) is 3.57. The van der Waals surface area contributed by atoms with Crippen molar-refractivity contribution in [3.05, 3.63) is 24.1 Å². The summed E-state index contributed by atoms with van der Waals surface area (Å²) in [5.74, 6) is 1.21. The molecule has 0 unspecified atom stereocenters. The molecule has 0 atom stereocenters.